The third-order valence-electron chi connectivity index (χ3n) is 12.4. The van der Waals surface area contributed by atoms with Gasteiger partial charge in [0.2, 0.25) is 0 Å². The van der Waals surface area contributed by atoms with Crippen molar-refractivity contribution in [2.24, 2.45) is 0 Å². The second kappa shape index (κ2) is 13.9. The highest BCUT2D eigenvalue weighted by Gasteiger charge is 2.50. The molecule has 2 nitrogen and oxygen atoms in total. The van der Waals surface area contributed by atoms with E-state index in [-0.39, 0.29) is 0 Å². The van der Waals surface area contributed by atoms with E-state index in [4.69, 9.17) is 9.97 Å². The quantitative estimate of drug-likeness (QED) is 0.174. The molecule has 1 aliphatic heterocycles. The summed E-state index contributed by atoms with van der Waals surface area (Å²) in [6.45, 7) is 0. The van der Waals surface area contributed by atoms with Crippen molar-refractivity contribution in [3.05, 3.63) is 241 Å². The number of hydrogen-bond donors (Lipinski definition) is 0. The second-order valence-corrected chi connectivity index (χ2v) is 16.7. The van der Waals surface area contributed by atoms with E-state index in [1.165, 1.54) is 65.2 Å². The molecule has 1 spiro atoms. The van der Waals surface area contributed by atoms with Gasteiger partial charge in [-0.15, -0.1) is 0 Å². The maximum absolute atomic E-state index is 5.40. The minimum absolute atomic E-state index is 0.432. The summed E-state index contributed by atoms with van der Waals surface area (Å²) in [5.74, 6) is 0.697. The highest BCUT2D eigenvalue weighted by molar-refractivity contribution is 7.99. The van der Waals surface area contributed by atoms with Crippen LogP contribution in [-0.4, -0.2) is 9.97 Å². The van der Waals surface area contributed by atoms with Gasteiger partial charge in [0.15, 0.2) is 5.82 Å². The van der Waals surface area contributed by atoms with Crippen LogP contribution < -0.4 is 0 Å². The first-order valence-electron chi connectivity index (χ1n) is 20.5. The van der Waals surface area contributed by atoms with Crippen LogP contribution >= 0.6 is 11.8 Å². The van der Waals surface area contributed by atoms with E-state index in [0.29, 0.717) is 5.82 Å². The van der Waals surface area contributed by atoms with Crippen molar-refractivity contribution < 1.29 is 0 Å². The Bertz CT molecular complexity index is 3250. The van der Waals surface area contributed by atoms with Crippen molar-refractivity contribution in [3.63, 3.8) is 0 Å². The fourth-order valence-electron chi connectivity index (χ4n) is 9.79. The Morgan fingerprint density at radius 2 is 0.833 bits per heavy atom. The molecule has 0 saturated heterocycles. The first-order valence-corrected chi connectivity index (χ1v) is 21.3. The number of rotatable bonds is 5. The average molecular weight is 781 g/mol. The van der Waals surface area contributed by atoms with E-state index in [1.807, 2.05) is 11.8 Å². The van der Waals surface area contributed by atoms with Crippen molar-refractivity contribution in [1.29, 1.82) is 0 Å². The molecule has 9 aromatic carbocycles. The van der Waals surface area contributed by atoms with E-state index >= 15 is 0 Å². The lowest BCUT2D eigenvalue weighted by Crippen LogP contribution is -2.32. The summed E-state index contributed by atoms with van der Waals surface area (Å²) in [4.78, 5) is 13.3. The number of nitrogens with zero attached hydrogens (tertiary/aromatic N) is 2. The molecule has 0 saturated carbocycles. The summed E-state index contributed by atoms with van der Waals surface area (Å²) >= 11 is 1.88. The minimum Gasteiger partial charge on any atom is -0.228 e. The van der Waals surface area contributed by atoms with Gasteiger partial charge in [-0.1, -0.05) is 212 Å². The van der Waals surface area contributed by atoms with Crippen LogP contribution in [0.2, 0.25) is 0 Å². The Kier molecular flexibility index (Phi) is 8.04. The predicted octanol–water partition coefficient (Wildman–Crippen LogP) is 14.8. The third-order valence-corrected chi connectivity index (χ3v) is 13.6. The summed E-state index contributed by atoms with van der Waals surface area (Å²) in [5, 5.41) is 2.36. The molecular weight excluding hydrogens is 745 g/mol. The molecule has 2 aliphatic rings. The van der Waals surface area contributed by atoms with Gasteiger partial charge < -0.3 is 0 Å². The Labute approximate surface area is 353 Å². The smallest absolute Gasteiger partial charge is 0.160 e. The zero-order valence-corrected chi connectivity index (χ0v) is 33.4. The van der Waals surface area contributed by atoms with Gasteiger partial charge in [0.05, 0.1) is 16.8 Å². The maximum Gasteiger partial charge on any atom is 0.160 e. The number of benzene rings is 9. The summed E-state index contributed by atoms with van der Waals surface area (Å²) < 4.78 is 0. The maximum atomic E-state index is 5.40. The minimum atomic E-state index is -0.432. The molecule has 1 aromatic heterocycles. The SMILES string of the molecule is c1ccc(-c2cc(-c3ccc(-c4ccccc4)c4ccccc34)nc(-c3cccc(-c4cccc5c4Sc4ccccc4C54c5ccccc5-c5ccccc54)c3)n2)cc1. The van der Waals surface area contributed by atoms with Gasteiger partial charge in [0, 0.05) is 26.5 Å². The van der Waals surface area contributed by atoms with Crippen LogP contribution in [0.25, 0.3) is 78.1 Å². The van der Waals surface area contributed by atoms with Crippen LogP contribution in [0.15, 0.2) is 228 Å². The van der Waals surface area contributed by atoms with E-state index < -0.39 is 5.41 Å². The summed E-state index contributed by atoms with van der Waals surface area (Å²) in [7, 11) is 0. The highest BCUT2D eigenvalue weighted by atomic mass is 32.2. The molecule has 0 radical (unpaired) electrons. The zero-order chi connectivity index (χ0) is 39.6. The van der Waals surface area contributed by atoms with Gasteiger partial charge in [0.1, 0.15) is 0 Å². The van der Waals surface area contributed by atoms with Gasteiger partial charge in [-0.05, 0) is 84.6 Å². The van der Waals surface area contributed by atoms with Crippen LogP contribution in [0.5, 0.6) is 0 Å². The first-order chi connectivity index (χ1) is 29.8. The van der Waals surface area contributed by atoms with Crippen molar-refractivity contribution >= 4 is 22.5 Å². The molecule has 0 atom stereocenters. The Morgan fingerprint density at radius 1 is 0.317 bits per heavy atom. The fraction of sp³-hybridized carbons (Fsp3) is 0.0175. The van der Waals surface area contributed by atoms with Crippen LogP contribution in [0.1, 0.15) is 22.3 Å². The Morgan fingerprint density at radius 3 is 1.58 bits per heavy atom. The summed E-state index contributed by atoms with van der Waals surface area (Å²) in [6.07, 6.45) is 0. The van der Waals surface area contributed by atoms with Gasteiger partial charge >= 0.3 is 0 Å². The van der Waals surface area contributed by atoms with Gasteiger partial charge in [-0.2, -0.15) is 0 Å². The van der Waals surface area contributed by atoms with Crippen LogP contribution in [-0.2, 0) is 5.41 Å². The van der Waals surface area contributed by atoms with Crippen molar-refractivity contribution in [2.75, 3.05) is 0 Å². The molecule has 60 heavy (non-hydrogen) atoms. The van der Waals surface area contributed by atoms with Gasteiger partial charge in [0.25, 0.3) is 0 Å². The van der Waals surface area contributed by atoms with E-state index in [2.05, 4.69) is 218 Å². The molecule has 0 fully saturated rings. The molecule has 2 heterocycles. The number of aromatic nitrogens is 2. The molecule has 1 aliphatic carbocycles. The van der Waals surface area contributed by atoms with E-state index in [1.54, 1.807) is 0 Å². The second-order valence-electron chi connectivity index (χ2n) is 15.6. The molecule has 0 N–H and O–H groups in total. The topological polar surface area (TPSA) is 25.8 Å². The van der Waals surface area contributed by atoms with Gasteiger partial charge in [-0.3, -0.25) is 0 Å². The van der Waals surface area contributed by atoms with Crippen molar-refractivity contribution in [3.8, 4) is 67.3 Å². The number of hydrogen-bond acceptors (Lipinski definition) is 3. The van der Waals surface area contributed by atoms with E-state index in [0.717, 1.165) is 39.0 Å². The molecule has 0 unspecified atom stereocenters. The first kappa shape index (κ1) is 34.7. The highest BCUT2D eigenvalue weighted by Crippen LogP contribution is 2.63. The standard InChI is InChI=1S/C57H36N2S/c1-3-17-37(18-4-1)41-33-34-47(44-24-8-7-23-43(41)44)53-36-52(38-19-5-2-6-20-38)58-56(59-53)40-22-15-21-39(35-40)42-27-16-31-51-55(42)60-54-32-14-13-30-50(54)57(51)48-28-11-9-25-45(48)46-26-10-12-29-49(46)57/h1-36H. The van der Waals surface area contributed by atoms with Crippen LogP contribution in [0.4, 0.5) is 0 Å². The molecule has 280 valence electrons. The van der Waals surface area contributed by atoms with Gasteiger partial charge in [-0.25, -0.2) is 9.97 Å². The molecule has 0 bridgehead atoms. The predicted molar refractivity (Wildman–Crippen MR) is 248 cm³/mol. The fourth-order valence-corrected chi connectivity index (χ4v) is 11.1. The lowest BCUT2D eigenvalue weighted by molar-refractivity contribution is 0.723. The van der Waals surface area contributed by atoms with Crippen molar-refractivity contribution in [1.82, 2.24) is 9.97 Å². The van der Waals surface area contributed by atoms with Crippen LogP contribution in [0.3, 0.4) is 0 Å². The average Bonchev–Trinajstić information content (AvgIpc) is 3.62. The monoisotopic (exact) mass is 780 g/mol. The summed E-state index contributed by atoms with van der Waals surface area (Å²) in [6, 6.07) is 79.1. The van der Waals surface area contributed by atoms with Crippen molar-refractivity contribution in [2.45, 2.75) is 15.2 Å². The largest absolute Gasteiger partial charge is 0.228 e. The molecule has 0 amide bonds. The zero-order valence-electron chi connectivity index (χ0n) is 32.6. The normalized spacial score (nSPS) is 13.1. The lowest BCUT2D eigenvalue weighted by Gasteiger charge is -2.40. The molecular formula is C57H36N2S. The lowest BCUT2D eigenvalue weighted by atomic mass is 9.67. The number of fused-ring (bicyclic) bond motifs is 10. The molecule has 10 aromatic rings. The third kappa shape index (κ3) is 5.29. The summed E-state index contributed by atoms with van der Waals surface area (Å²) in [5.41, 5.74) is 17.2. The Hall–Kier alpha value is -7.33. The molecule has 3 heteroatoms. The van der Waals surface area contributed by atoms with Crippen LogP contribution in [0, 0.1) is 0 Å². The Balaban J connectivity index is 1.04. The van der Waals surface area contributed by atoms with E-state index in [9.17, 15) is 0 Å². The molecule has 12 rings (SSSR count).